The molecule has 1 aromatic heterocycles. The molecule has 0 saturated heterocycles. The van der Waals surface area contributed by atoms with Gasteiger partial charge in [-0.15, -0.1) is 0 Å². The Labute approximate surface area is 179 Å². The molecule has 0 fully saturated rings. The van der Waals surface area contributed by atoms with Crippen LogP contribution in [0.25, 0.3) is 0 Å². The van der Waals surface area contributed by atoms with Crippen LogP contribution in [0.5, 0.6) is 0 Å². The molecule has 1 heterocycles. The van der Waals surface area contributed by atoms with E-state index in [0.717, 1.165) is 25.0 Å². The summed E-state index contributed by atoms with van der Waals surface area (Å²) in [5.41, 5.74) is 7.73. The number of ketones is 1. The third-order valence-electron chi connectivity index (χ3n) is 4.89. The summed E-state index contributed by atoms with van der Waals surface area (Å²) in [4.78, 5) is 23.6. The largest absolute Gasteiger partial charge is 0.381 e. The number of nitrogens with zero attached hydrogens (tertiary/aromatic N) is 3. The number of carbonyl (C=O) groups is 1. The van der Waals surface area contributed by atoms with E-state index in [0.29, 0.717) is 29.8 Å². The number of aromatic amines is 1. The van der Waals surface area contributed by atoms with Crippen molar-refractivity contribution in [3.63, 3.8) is 0 Å². The summed E-state index contributed by atoms with van der Waals surface area (Å²) in [6, 6.07) is 15.2. The molecule has 0 unspecified atom stereocenters. The van der Waals surface area contributed by atoms with Crippen LogP contribution in [0.4, 0.5) is 17.2 Å². The zero-order valence-electron chi connectivity index (χ0n) is 16.8. The van der Waals surface area contributed by atoms with Crippen LogP contribution in [-0.2, 0) is 6.42 Å². The molecule has 0 aliphatic rings. The molecule has 0 aliphatic carbocycles. The third-order valence-corrected chi connectivity index (χ3v) is 4.89. The molecule has 9 nitrogen and oxygen atoms in total. The highest BCUT2D eigenvalue weighted by Gasteiger charge is 2.18. The molecule has 9 heteroatoms. The first-order valence-electron chi connectivity index (χ1n) is 9.86. The number of aromatic nitrogens is 2. The van der Waals surface area contributed by atoms with Crippen LogP contribution >= 0.6 is 0 Å². The van der Waals surface area contributed by atoms with Gasteiger partial charge in [0, 0.05) is 23.7 Å². The normalized spacial score (nSPS) is 10.4. The highest BCUT2D eigenvalue weighted by Crippen LogP contribution is 2.27. The van der Waals surface area contributed by atoms with Crippen LogP contribution in [0.3, 0.4) is 0 Å². The second kappa shape index (κ2) is 10.0. The number of nitriles is 1. The minimum Gasteiger partial charge on any atom is -0.381 e. The van der Waals surface area contributed by atoms with Gasteiger partial charge in [0.05, 0.1) is 10.6 Å². The Morgan fingerprint density at radius 2 is 1.94 bits per heavy atom. The summed E-state index contributed by atoms with van der Waals surface area (Å²) in [5.74, 6) is -0.0490. The SMILES string of the molecule is N#Cc1c(N)n[nH]c1CCCCCNc1ccc(C(=O)c2ccccc2)cc1[N+](=O)[O-]. The number of anilines is 2. The number of nitrogens with one attached hydrogen (secondary N) is 2. The van der Waals surface area contributed by atoms with Gasteiger partial charge in [0.1, 0.15) is 17.3 Å². The number of hydrogen-bond donors (Lipinski definition) is 3. The van der Waals surface area contributed by atoms with Crippen molar-refractivity contribution >= 4 is 23.0 Å². The van der Waals surface area contributed by atoms with Crippen molar-refractivity contribution in [2.45, 2.75) is 25.7 Å². The molecule has 0 aliphatic heterocycles. The number of nitro benzene ring substituents is 1. The van der Waals surface area contributed by atoms with E-state index < -0.39 is 4.92 Å². The van der Waals surface area contributed by atoms with Crippen LogP contribution < -0.4 is 11.1 Å². The maximum atomic E-state index is 12.6. The maximum absolute atomic E-state index is 12.6. The summed E-state index contributed by atoms with van der Waals surface area (Å²) in [7, 11) is 0. The molecule has 0 saturated carbocycles. The van der Waals surface area contributed by atoms with E-state index in [1.54, 1.807) is 42.5 Å². The maximum Gasteiger partial charge on any atom is 0.293 e. The molecule has 3 rings (SSSR count). The van der Waals surface area contributed by atoms with Crippen molar-refractivity contribution in [1.29, 1.82) is 5.26 Å². The Kier molecular flexibility index (Phi) is 6.96. The van der Waals surface area contributed by atoms with Crippen LogP contribution in [0.2, 0.25) is 0 Å². The molecule has 158 valence electrons. The van der Waals surface area contributed by atoms with E-state index in [2.05, 4.69) is 15.5 Å². The van der Waals surface area contributed by atoms with E-state index in [1.807, 2.05) is 6.07 Å². The predicted octanol–water partition coefficient (Wildman–Crippen LogP) is 3.83. The summed E-state index contributed by atoms with van der Waals surface area (Å²) >= 11 is 0. The number of H-pyrrole nitrogens is 1. The van der Waals surface area contributed by atoms with Crippen LogP contribution in [0.15, 0.2) is 48.5 Å². The number of carbonyl (C=O) groups excluding carboxylic acids is 1. The molecular weight excluding hydrogens is 396 g/mol. The Morgan fingerprint density at radius 3 is 2.65 bits per heavy atom. The van der Waals surface area contributed by atoms with Gasteiger partial charge in [-0.3, -0.25) is 20.0 Å². The lowest BCUT2D eigenvalue weighted by Crippen LogP contribution is -2.07. The number of rotatable bonds is 10. The first-order chi connectivity index (χ1) is 15.0. The average Bonchev–Trinajstić information content (AvgIpc) is 3.15. The lowest BCUT2D eigenvalue weighted by molar-refractivity contribution is -0.384. The lowest BCUT2D eigenvalue weighted by atomic mass is 10.0. The number of hydrogen-bond acceptors (Lipinski definition) is 7. The van der Waals surface area contributed by atoms with Crippen LogP contribution in [0.1, 0.15) is 46.4 Å². The van der Waals surface area contributed by atoms with E-state index in [-0.39, 0.29) is 22.9 Å². The minimum atomic E-state index is -0.490. The summed E-state index contributed by atoms with van der Waals surface area (Å²) in [5, 5.41) is 30.3. The van der Waals surface area contributed by atoms with E-state index in [1.165, 1.54) is 6.07 Å². The second-order valence-electron chi connectivity index (χ2n) is 7.00. The van der Waals surface area contributed by atoms with Gasteiger partial charge in [0.25, 0.3) is 5.69 Å². The Balaban J connectivity index is 1.54. The third kappa shape index (κ3) is 5.25. The zero-order valence-corrected chi connectivity index (χ0v) is 16.8. The summed E-state index contributed by atoms with van der Waals surface area (Å²) in [6.07, 6.45) is 3.12. The Hall–Kier alpha value is -4.19. The van der Waals surface area contributed by atoms with Crippen molar-refractivity contribution in [2.75, 3.05) is 17.6 Å². The standard InChI is InChI=1S/C22H22N6O3/c23-14-17-18(26-27-22(17)24)9-5-2-6-12-25-19-11-10-16(13-20(19)28(30)31)21(29)15-7-3-1-4-8-15/h1,3-4,7-8,10-11,13,25H,2,5-6,9,12H2,(H3,24,26,27). The molecule has 31 heavy (non-hydrogen) atoms. The molecule has 0 atom stereocenters. The Bertz CT molecular complexity index is 1120. The van der Waals surface area contributed by atoms with Gasteiger partial charge < -0.3 is 11.1 Å². The first-order valence-corrected chi connectivity index (χ1v) is 9.86. The number of unbranched alkanes of at least 4 members (excludes halogenated alkanes) is 2. The van der Waals surface area contributed by atoms with Crippen molar-refractivity contribution in [3.05, 3.63) is 81.0 Å². The number of benzene rings is 2. The molecule has 2 aromatic carbocycles. The number of nitrogen functional groups attached to an aromatic ring is 1. The minimum absolute atomic E-state index is 0.131. The van der Waals surface area contributed by atoms with Gasteiger partial charge in [-0.25, -0.2) is 0 Å². The molecule has 0 bridgehead atoms. The molecule has 0 radical (unpaired) electrons. The number of aryl methyl sites for hydroxylation is 1. The Morgan fingerprint density at radius 1 is 1.16 bits per heavy atom. The van der Waals surface area contributed by atoms with Crippen LogP contribution in [-0.4, -0.2) is 27.4 Å². The van der Waals surface area contributed by atoms with E-state index in [9.17, 15) is 14.9 Å². The van der Waals surface area contributed by atoms with Gasteiger partial charge in [-0.1, -0.05) is 36.8 Å². The highest BCUT2D eigenvalue weighted by atomic mass is 16.6. The molecular formula is C22H22N6O3. The van der Waals surface area contributed by atoms with Crippen molar-refractivity contribution in [1.82, 2.24) is 10.2 Å². The highest BCUT2D eigenvalue weighted by molar-refractivity contribution is 6.09. The number of nitrogens with two attached hydrogens (primary N) is 1. The fraction of sp³-hybridized carbons (Fsp3) is 0.227. The van der Waals surface area contributed by atoms with Gasteiger partial charge in [0.2, 0.25) is 0 Å². The van der Waals surface area contributed by atoms with Crippen molar-refractivity contribution in [3.8, 4) is 6.07 Å². The molecule has 0 amide bonds. The van der Waals surface area contributed by atoms with Gasteiger partial charge in [0.15, 0.2) is 11.6 Å². The van der Waals surface area contributed by atoms with Gasteiger partial charge >= 0.3 is 0 Å². The summed E-state index contributed by atoms with van der Waals surface area (Å²) in [6.45, 7) is 0.545. The average molecular weight is 418 g/mol. The topological polar surface area (TPSA) is 151 Å². The zero-order chi connectivity index (χ0) is 22.2. The predicted molar refractivity (Wildman–Crippen MR) is 117 cm³/mol. The fourth-order valence-corrected chi connectivity index (χ4v) is 3.26. The molecule has 4 N–H and O–H groups in total. The fourth-order valence-electron chi connectivity index (χ4n) is 3.26. The van der Waals surface area contributed by atoms with Gasteiger partial charge in [-0.2, -0.15) is 10.4 Å². The van der Waals surface area contributed by atoms with Crippen molar-refractivity contribution < 1.29 is 9.72 Å². The van der Waals surface area contributed by atoms with Crippen LogP contribution in [0, 0.1) is 21.4 Å². The number of nitro groups is 1. The molecule has 3 aromatic rings. The first kappa shape index (κ1) is 21.5. The summed E-state index contributed by atoms with van der Waals surface area (Å²) < 4.78 is 0. The lowest BCUT2D eigenvalue weighted by Gasteiger charge is -2.09. The van der Waals surface area contributed by atoms with Gasteiger partial charge in [-0.05, 0) is 31.4 Å². The monoisotopic (exact) mass is 418 g/mol. The smallest absolute Gasteiger partial charge is 0.293 e. The van der Waals surface area contributed by atoms with E-state index in [4.69, 9.17) is 11.0 Å². The second-order valence-corrected chi connectivity index (χ2v) is 7.00. The quantitative estimate of drug-likeness (QED) is 0.196. The van der Waals surface area contributed by atoms with Crippen molar-refractivity contribution in [2.24, 2.45) is 0 Å². The van der Waals surface area contributed by atoms with E-state index >= 15 is 0 Å². The molecule has 0 spiro atoms.